The zero-order valence-corrected chi connectivity index (χ0v) is 12.0. The van der Waals surface area contributed by atoms with Crippen LogP contribution in [-0.4, -0.2) is 9.55 Å². The first-order valence-corrected chi connectivity index (χ1v) is 6.74. The highest BCUT2D eigenvalue weighted by molar-refractivity contribution is 5.72. The molecule has 0 aliphatic carbocycles. The van der Waals surface area contributed by atoms with E-state index in [1.54, 1.807) is 0 Å². The van der Waals surface area contributed by atoms with Crippen molar-refractivity contribution in [3.63, 3.8) is 0 Å². The summed E-state index contributed by atoms with van der Waals surface area (Å²) in [5.41, 5.74) is 6.11. The number of aromatic nitrogens is 2. The number of hydrogen-bond acceptors (Lipinski definition) is 2. The number of rotatable bonds is 4. The number of halogens is 2. The lowest BCUT2D eigenvalue weighted by Gasteiger charge is -2.11. The van der Waals surface area contributed by atoms with Crippen LogP contribution in [-0.2, 0) is 13.0 Å². The van der Waals surface area contributed by atoms with Crippen molar-refractivity contribution in [1.29, 1.82) is 0 Å². The molecule has 2 rings (SSSR count). The van der Waals surface area contributed by atoms with Gasteiger partial charge in [-0.1, -0.05) is 26.8 Å². The third-order valence-electron chi connectivity index (χ3n) is 3.15. The molecule has 0 bridgehead atoms. The third-order valence-corrected chi connectivity index (χ3v) is 3.15. The number of hydrogen-bond donors (Lipinski definition) is 1. The zero-order valence-electron chi connectivity index (χ0n) is 12.0. The molecule has 0 aliphatic heterocycles. The molecule has 2 aromatic rings. The van der Waals surface area contributed by atoms with E-state index in [0.29, 0.717) is 24.7 Å². The van der Waals surface area contributed by atoms with E-state index in [2.05, 4.69) is 18.8 Å². The summed E-state index contributed by atoms with van der Waals surface area (Å²) >= 11 is 0. The minimum Gasteiger partial charge on any atom is -0.383 e. The first kappa shape index (κ1) is 14.5. The fourth-order valence-electron chi connectivity index (χ4n) is 2.26. The van der Waals surface area contributed by atoms with Crippen molar-refractivity contribution in [3.05, 3.63) is 35.7 Å². The van der Waals surface area contributed by atoms with Crippen molar-refractivity contribution in [2.45, 2.75) is 33.7 Å². The molecule has 1 heterocycles. The Morgan fingerprint density at radius 1 is 1.25 bits per heavy atom. The Morgan fingerprint density at radius 3 is 2.35 bits per heavy atom. The van der Waals surface area contributed by atoms with Crippen LogP contribution in [0.3, 0.4) is 0 Å². The fraction of sp³-hybridized carbons (Fsp3) is 0.400. The van der Waals surface area contributed by atoms with E-state index in [1.165, 1.54) is 18.2 Å². The van der Waals surface area contributed by atoms with Crippen LogP contribution in [0.15, 0.2) is 18.2 Å². The number of benzene rings is 1. The first-order chi connectivity index (χ1) is 9.45. The Bertz CT molecular complexity index is 598. The van der Waals surface area contributed by atoms with Gasteiger partial charge in [0, 0.05) is 13.0 Å². The minimum atomic E-state index is -0.645. The molecular weight excluding hydrogens is 260 g/mol. The number of imidazole rings is 1. The van der Waals surface area contributed by atoms with E-state index in [-0.39, 0.29) is 11.3 Å². The normalized spacial score (nSPS) is 11.3. The summed E-state index contributed by atoms with van der Waals surface area (Å²) in [5.74, 6) is 0.144. The maximum Gasteiger partial charge on any atom is 0.135 e. The van der Waals surface area contributed by atoms with Gasteiger partial charge in [0.15, 0.2) is 0 Å². The SMILES string of the molecule is CCc1nc(-c2c(F)cccc2F)c(N)n1CC(C)C. The smallest absolute Gasteiger partial charge is 0.135 e. The summed E-state index contributed by atoms with van der Waals surface area (Å²) in [6.07, 6.45) is 0.660. The van der Waals surface area contributed by atoms with Gasteiger partial charge in [0.25, 0.3) is 0 Å². The van der Waals surface area contributed by atoms with E-state index in [4.69, 9.17) is 5.73 Å². The lowest BCUT2D eigenvalue weighted by Crippen LogP contribution is -2.11. The van der Waals surface area contributed by atoms with Crippen molar-refractivity contribution in [2.24, 2.45) is 5.92 Å². The van der Waals surface area contributed by atoms with Gasteiger partial charge in [-0.25, -0.2) is 13.8 Å². The van der Waals surface area contributed by atoms with Crippen LogP contribution >= 0.6 is 0 Å². The number of nitrogens with two attached hydrogens (primary N) is 1. The van der Waals surface area contributed by atoms with Crippen molar-refractivity contribution in [2.75, 3.05) is 5.73 Å². The molecule has 108 valence electrons. The molecule has 0 radical (unpaired) electrons. The van der Waals surface area contributed by atoms with E-state index < -0.39 is 11.6 Å². The van der Waals surface area contributed by atoms with Gasteiger partial charge in [-0.3, -0.25) is 0 Å². The van der Waals surface area contributed by atoms with Crippen molar-refractivity contribution in [3.8, 4) is 11.3 Å². The Labute approximate surface area is 117 Å². The largest absolute Gasteiger partial charge is 0.383 e. The minimum absolute atomic E-state index is 0.151. The van der Waals surface area contributed by atoms with Gasteiger partial charge in [0.1, 0.15) is 29.0 Å². The maximum absolute atomic E-state index is 13.9. The van der Waals surface area contributed by atoms with Crippen LogP contribution in [0.5, 0.6) is 0 Å². The highest BCUT2D eigenvalue weighted by Gasteiger charge is 2.21. The standard InChI is InChI=1S/C15H19F2N3/c1-4-12-19-14(15(18)20(12)8-9(2)3)13-10(16)6-5-7-11(13)17/h5-7,9H,4,8,18H2,1-3H3. The summed E-state index contributed by atoms with van der Waals surface area (Å²) in [5, 5.41) is 0. The van der Waals surface area contributed by atoms with Gasteiger partial charge >= 0.3 is 0 Å². The molecule has 0 spiro atoms. The van der Waals surface area contributed by atoms with Crippen LogP contribution in [0.1, 0.15) is 26.6 Å². The number of nitrogen functional groups attached to an aromatic ring is 1. The predicted molar refractivity (Wildman–Crippen MR) is 76.2 cm³/mol. The Morgan fingerprint density at radius 2 is 1.85 bits per heavy atom. The average Bonchev–Trinajstić information content (AvgIpc) is 2.67. The number of nitrogens with zero attached hydrogens (tertiary/aromatic N) is 2. The molecule has 2 N–H and O–H groups in total. The van der Waals surface area contributed by atoms with Crippen LogP contribution in [0.25, 0.3) is 11.3 Å². The van der Waals surface area contributed by atoms with Crippen molar-refractivity contribution < 1.29 is 8.78 Å². The molecule has 0 saturated heterocycles. The van der Waals surface area contributed by atoms with Gasteiger partial charge in [-0.05, 0) is 18.1 Å². The van der Waals surface area contributed by atoms with E-state index >= 15 is 0 Å². The van der Waals surface area contributed by atoms with Gasteiger partial charge in [0.05, 0.1) is 5.56 Å². The molecular formula is C15H19F2N3. The van der Waals surface area contributed by atoms with E-state index in [1.807, 2.05) is 11.5 Å². The second-order valence-corrected chi connectivity index (χ2v) is 5.22. The molecule has 1 aromatic carbocycles. The molecule has 0 amide bonds. The van der Waals surface area contributed by atoms with Gasteiger partial charge in [-0.2, -0.15) is 0 Å². The Hall–Kier alpha value is -1.91. The van der Waals surface area contributed by atoms with Gasteiger partial charge in [0.2, 0.25) is 0 Å². The van der Waals surface area contributed by atoms with Crippen LogP contribution in [0, 0.1) is 17.6 Å². The summed E-state index contributed by atoms with van der Waals surface area (Å²) in [6, 6.07) is 3.76. The first-order valence-electron chi connectivity index (χ1n) is 6.74. The second-order valence-electron chi connectivity index (χ2n) is 5.22. The highest BCUT2D eigenvalue weighted by atomic mass is 19.1. The monoisotopic (exact) mass is 279 g/mol. The zero-order chi connectivity index (χ0) is 14.9. The molecule has 20 heavy (non-hydrogen) atoms. The highest BCUT2D eigenvalue weighted by Crippen LogP contribution is 2.31. The molecule has 1 aromatic heterocycles. The van der Waals surface area contributed by atoms with Gasteiger partial charge in [-0.15, -0.1) is 0 Å². The average molecular weight is 279 g/mol. The van der Waals surface area contributed by atoms with Crippen LogP contribution in [0.2, 0.25) is 0 Å². The van der Waals surface area contributed by atoms with Gasteiger partial charge < -0.3 is 10.3 Å². The van der Waals surface area contributed by atoms with Crippen LogP contribution < -0.4 is 5.73 Å². The summed E-state index contributed by atoms with van der Waals surface area (Å²) in [6.45, 7) is 6.74. The third kappa shape index (κ3) is 2.53. The van der Waals surface area contributed by atoms with Crippen molar-refractivity contribution in [1.82, 2.24) is 9.55 Å². The molecule has 0 atom stereocenters. The predicted octanol–water partition coefficient (Wildman–Crippen LogP) is 3.63. The number of aryl methyl sites for hydroxylation is 1. The summed E-state index contributed by atoms with van der Waals surface area (Å²) in [7, 11) is 0. The lowest BCUT2D eigenvalue weighted by atomic mass is 10.1. The summed E-state index contributed by atoms with van der Waals surface area (Å²) in [4.78, 5) is 4.33. The quantitative estimate of drug-likeness (QED) is 0.928. The summed E-state index contributed by atoms with van der Waals surface area (Å²) < 4.78 is 29.6. The Balaban J connectivity index is 2.61. The molecule has 5 heteroatoms. The maximum atomic E-state index is 13.9. The Kier molecular flexibility index (Phi) is 4.06. The molecule has 0 saturated carbocycles. The van der Waals surface area contributed by atoms with E-state index in [9.17, 15) is 8.78 Å². The molecule has 0 fully saturated rings. The second kappa shape index (κ2) is 5.61. The van der Waals surface area contributed by atoms with E-state index in [0.717, 1.165) is 5.82 Å². The molecule has 0 aliphatic rings. The number of anilines is 1. The van der Waals surface area contributed by atoms with Crippen LogP contribution in [0.4, 0.5) is 14.6 Å². The molecule has 0 unspecified atom stereocenters. The molecule has 3 nitrogen and oxygen atoms in total. The fourth-order valence-corrected chi connectivity index (χ4v) is 2.26. The lowest BCUT2D eigenvalue weighted by molar-refractivity contribution is 0.513. The van der Waals surface area contributed by atoms with Crippen molar-refractivity contribution >= 4 is 5.82 Å². The topological polar surface area (TPSA) is 43.8 Å².